The molecular formula is C14H20N6O. The summed E-state index contributed by atoms with van der Waals surface area (Å²) in [4.78, 5) is 19.1. The lowest BCUT2D eigenvalue weighted by molar-refractivity contribution is 0.316. The molecule has 0 aliphatic rings. The first kappa shape index (κ1) is 15.0. The van der Waals surface area contributed by atoms with Crippen molar-refractivity contribution in [2.45, 2.75) is 13.3 Å². The Bertz CT molecular complexity index is 602. The lowest BCUT2D eigenvalue weighted by Crippen LogP contribution is -2.15. The van der Waals surface area contributed by atoms with Gasteiger partial charge in [-0.2, -0.15) is 15.0 Å². The molecule has 0 aromatic carbocycles. The SMILES string of the molecule is CCCOc1cncc(-c2nc(NC)nc(N(C)C)n2)c1. The molecule has 0 aliphatic heterocycles. The Kier molecular flexibility index (Phi) is 4.86. The molecule has 0 radical (unpaired) electrons. The van der Waals surface area contributed by atoms with Gasteiger partial charge in [0.2, 0.25) is 11.9 Å². The molecule has 2 aromatic rings. The van der Waals surface area contributed by atoms with Gasteiger partial charge in [0, 0.05) is 32.9 Å². The Morgan fingerprint density at radius 1 is 1.19 bits per heavy atom. The van der Waals surface area contributed by atoms with Crippen molar-refractivity contribution in [3.05, 3.63) is 18.5 Å². The van der Waals surface area contributed by atoms with Crippen LogP contribution >= 0.6 is 0 Å². The van der Waals surface area contributed by atoms with E-state index in [9.17, 15) is 0 Å². The molecule has 0 bridgehead atoms. The van der Waals surface area contributed by atoms with Crippen LogP contribution in [0.4, 0.5) is 11.9 Å². The number of ether oxygens (including phenoxy) is 1. The van der Waals surface area contributed by atoms with Crippen LogP contribution in [-0.4, -0.2) is 47.7 Å². The van der Waals surface area contributed by atoms with Crippen LogP contribution in [0.25, 0.3) is 11.4 Å². The first-order valence-corrected chi connectivity index (χ1v) is 6.83. The van der Waals surface area contributed by atoms with Crippen LogP contribution in [0.2, 0.25) is 0 Å². The summed E-state index contributed by atoms with van der Waals surface area (Å²) in [7, 11) is 5.55. The average molecular weight is 288 g/mol. The van der Waals surface area contributed by atoms with E-state index in [1.54, 1.807) is 19.4 Å². The molecule has 21 heavy (non-hydrogen) atoms. The minimum Gasteiger partial charge on any atom is -0.492 e. The molecule has 2 rings (SSSR count). The number of hydrogen-bond donors (Lipinski definition) is 1. The summed E-state index contributed by atoms with van der Waals surface area (Å²) in [5.41, 5.74) is 0.797. The highest BCUT2D eigenvalue weighted by Gasteiger charge is 2.10. The fourth-order valence-electron chi connectivity index (χ4n) is 1.65. The maximum absolute atomic E-state index is 5.59. The molecule has 0 spiro atoms. The summed E-state index contributed by atoms with van der Waals surface area (Å²) >= 11 is 0. The van der Waals surface area contributed by atoms with Gasteiger partial charge < -0.3 is 15.0 Å². The van der Waals surface area contributed by atoms with Crippen LogP contribution < -0.4 is 15.0 Å². The number of pyridine rings is 1. The van der Waals surface area contributed by atoms with Crippen LogP contribution in [0.3, 0.4) is 0 Å². The Morgan fingerprint density at radius 3 is 2.67 bits per heavy atom. The molecular weight excluding hydrogens is 268 g/mol. The van der Waals surface area contributed by atoms with Crippen LogP contribution in [-0.2, 0) is 0 Å². The van der Waals surface area contributed by atoms with Gasteiger partial charge in [-0.1, -0.05) is 6.92 Å². The molecule has 2 heterocycles. The monoisotopic (exact) mass is 288 g/mol. The zero-order chi connectivity index (χ0) is 15.2. The van der Waals surface area contributed by atoms with E-state index in [-0.39, 0.29) is 0 Å². The summed E-state index contributed by atoms with van der Waals surface area (Å²) in [5.74, 6) is 2.38. The van der Waals surface area contributed by atoms with Gasteiger partial charge in [-0.3, -0.25) is 4.98 Å². The van der Waals surface area contributed by atoms with E-state index in [1.165, 1.54) is 0 Å². The van der Waals surface area contributed by atoms with Gasteiger partial charge in [0.15, 0.2) is 5.82 Å². The predicted octanol–water partition coefficient (Wildman–Crippen LogP) is 1.83. The molecule has 1 N–H and O–H groups in total. The van der Waals surface area contributed by atoms with E-state index >= 15 is 0 Å². The van der Waals surface area contributed by atoms with Crippen molar-refractivity contribution in [3.63, 3.8) is 0 Å². The molecule has 0 saturated heterocycles. The van der Waals surface area contributed by atoms with E-state index < -0.39 is 0 Å². The highest BCUT2D eigenvalue weighted by atomic mass is 16.5. The molecule has 0 unspecified atom stereocenters. The maximum Gasteiger partial charge on any atom is 0.230 e. The summed E-state index contributed by atoms with van der Waals surface area (Å²) in [6.07, 6.45) is 4.35. The largest absolute Gasteiger partial charge is 0.492 e. The number of rotatable bonds is 6. The van der Waals surface area contributed by atoms with Gasteiger partial charge in [0.05, 0.1) is 12.8 Å². The van der Waals surface area contributed by atoms with Gasteiger partial charge in [0.1, 0.15) is 5.75 Å². The second-order valence-corrected chi connectivity index (χ2v) is 4.68. The highest BCUT2D eigenvalue weighted by molar-refractivity contribution is 5.58. The maximum atomic E-state index is 5.59. The van der Waals surface area contributed by atoms with Crippen LogP contribution in [0.15, 0.2) is 18.5 Å². The lowest BCUT2D eigenvalue weighted by Gasteiger charge is -2.12. The molecule has 0 fully saturated rings. The zero-order valence-corrected chi connectivity index (χ0v) is 12.8. The number of nitrogens with zero attached hydrogens (tertiary/aromatic N) is 5. The first-order valence-electron chi connectivity index (χ1n) is 6.83. The lowest BCUT2D eigenvalue weighted by atomic mass is 10.2. The highest BCUT2D eigenvalue weighted by Crippen LogP contribution is 2.22. The van der Waals surface area contributed by atoms with Crippen LogP contribution in [0.1, 0.15) is 13.3 Å². The Labute approximate surface area is 124 Å². The summed E-state index contributed by atoms with van der Waals surface area (Å²) in [6.45, 7) is 2.72. The van der Waals surface area contributed by atoms with Gasteiger partial charge >= 0.3 is 0 Å². The Morgan fingerprint density at radius 2 is 2.00 bits per heavy atom. The summed E-state index contributed by atoms with van der Waals surface area (Å²) in [5, 5.41) is 2.94. The zero-order valence-electron chi connectivity index (χ0n) is 12.8. The van der Waals surface area contributed by atoms with Gasteiger partial charge in [-0.25, -0.2) is 0 Å². The number of nitrogens with one attached hydrogen (secondary N) is 1. The minimum atomic E-state index is 0.517. The van der Waals surface area contributed by atoms with Crippen LogP contribution in [0, 0.1) is 0 Å². The third-order valence-electron chi connectivity index (χ3n) is 2.69. The molecule has 2 aromatic heterocycles. The Hall–Kier alpha value is -2.44. The summed E-state index contributed by atoms with van der Waals surface area (Å²) < 4.78 is 5.59. The van der Waals surface area contributed by atoms with Crippen molar-refractivity contribution in [1.29, 1.82) is 0 Å². The minimum absolute atomic E-state index is 0.517. The quantitative estimate of drug-likeness (QED) is 0.869. The van der Waals surface area contributed by atoms with Crippen molar-refractivity contribution in [2.24, 2.45) is 0 Å². The fraction of sp³-hybridized carbons (Fsp3) is 0.429. The van der Waals surface area contributed by atoms with E-state index in [4.69, 9.17) is 4.74 Å². The standard InChI is InChI=1S/C14H20N6O/c1-5-6-21-11-7-10(8-16-9-11)12-17-13(15-2)19-14(18-12)20(3)4/h7-9H,5-6H2,1-4H3,(H,15,17,18,19). The average Bonchev–Trinajstić information content (AvgIpc) is 2.52. The van der Waals surface area contributed by atoms with Crippen molar-refractivity contribution < 1.29 is 4.74 Å². The first-order chi connectivity index (χ1) is 10.1. The topological polar surface area (TPSA) is 76.1 Å². The van der Waals surface area contributed by atoms with E-state index in [1.807, 2.05) is 25.1 Å². The van der Waals surface area contributed by atoms with E-state index in [2.05, 4.69) is 32.2 Å². The van der Waals surface area contributed by atoms with Crippen LogP contribution in [0.5, 0.6) is 5.75 Å². The molecule has 0 amide bonds. The normalized spacial score (nSPS) is 10.3. The number of hydrogen-bond acceptors (Lipinski definition) is 7. The number of anilines is 2. The fourth-order valence-corrected chi connectivity index (χ4v) is 1.65. The second-order valence-electron chi connectivity index (χ2n) is 4.68. The smallest absolute Gasteiger partial charge is 0.230 e. The third kappa shape index (κ3) is 3.77. The van der Waals surface area contributed by atoms with E-state index in [0.717, 1.165) is 12.0 Å². The van der Waals surface area contributed by atoms with Crippen molar-refractivity contribution >= 4 is 11.9 Å². The van der Waals surface area contributed by atoms with Crippen molar-refractivity contribution in [3.8, 4) is 17.1 Å². The van der Waals surface area contributed by atoms with E-state index in [0.29, 0.717) is 30.1 Å². The summed E-state index contributed by atoms with van der Waals surface area (Å²) in [6, 6.07) is 1.89. The second kappa shape index (κ2) is 6.83. The molecule has 7 nitrogen and oxygen atoms in total. The third-order valence-corrected chi connectivity index (χ3v) is 2.69. The molecule has 0 saturated carbocycles. The number of aromatic nitrogens is 4. The predicted molar refractivity (Wildman–Crippen MR) is 82.7 cm³/mol. The molecule has 0 aliphatic carbocycles. The van der Waals surface area contributed by atoms with Crippen molar-refractivity contribution in [1.82, 2.24) is 19.9 Å². The van der Waals surface area contributed by atoms with Gasteiger partial charge in [-0.15, -0.1) is 0 Å². The van der Waals surface area contributed by atoms with Gasteiger partial charge in [-0.05, 0) is 12.5 Å². The van der Waals surface area contributed by atoms with Gasteiger partial charge in [0.25, 0.3) is 0 Å². The molecule has 7 heteroatoms. The molecule has 112 valence electrons. The van der Waals surface area contributed by atoms with Crippen molar-refractivity contribution in [2.75, 3.05) is 38.0 Å². The Balaban J connectivity index is 2.38. The molecule has 0 atom stereocenters.